The first-order valence-electron chi connectivity index (χ1n) is 8.38. The molecule has 0 aliphatic heterocycles. The lowest BCUT2D eigenvalue weighted by molar-refractivity contribution is 0.112. The van der Waals surface area contributed by atoms with Crippen LogP contribution >= 0.6 is 23.4 Å². The van der Waals surface area contributed by atoms with Crippen LogP contribution in [0.3, 0.4) is 0 Å². The van der Waals surface area contributed by atoms with Crippen molar-refractivity contribution in [1.82, 2.24) is 4.72 Å². The molecule has 0 aliphatic carbocycles. The molecule has 4 nitrogen and oxygen atoms in total. The van der Waals surface area contributed by atoms with Crippen LogP contribution < -0.4 is 4.72 Å². The average molecular weight is 414 g/mol. The number of halogens is 1. The van der Waals surface area contributed by atoms with E-state index in [0.717, 1.165) is 11.3 Å². The molecule has 0 saturated heterocycles. The van der Waals surface area contributed by atoms with E-state index in [9.17, 15) is 13.5 Å². The van der Waals surface area contributed by atoms with Gasteiger partial charge in [-0.1, -0.05) is 50.1 Å². The van der Waals surface area contributed by atoms with Crippen LogP contribution in [-0.4, -0.2) is 25.8 Å². The first kappa shape index (κ1) is 21.3. The SMILES string of the molecule is CCC(C)C(NS(=O)(=O)c1cccc(Cl)c1)C(O)c1ccc(SC)cc1. The third-order valence-corrected chi connectivity index (χ3v) is 6.89. The van der Waals surface area contributed by atoms with Crippen molar-refractivity contribution in [3.63, 3.8) is 0 Å². The lowest BCUT2D eigenvalue weighted by atomic mass is 9.91. The summed E-state index contributed by atoms with van der Waals surface area (Å²) in [6.45, 7) is 3.89. The summed E-state index contributed by atoms with van der Waals surface area (Å²) in [4.78, 5) is 1.17. The van der Waals surface area contributed by atoms with E-state index in [-0.39, 0.29) is 10.8 Å². The van der Waals surface area contributed by atoms with Crippen LogP contribution in [0.25, 0.3) is 0 Å². The standard InChI is InChI=1S/C19H24ClNO3S2/c1-4-13(2)18(19(22)14-8-10-16(25-3)11-9-14)21-26(23,24)17-7-5-6-15(20)12-17/h5-13,18-19,21-22H,4H2,1-3H3. The van der Waals surface area contributed by atoms with E-state index < -0.39 is 22.2 Å². The Kier molecular flexibility index (Phi) is 7.55. The highest BCUT2D eigenvalue weighted by Gasteiger charge is 2.30. The van der Waals surface area contributed by atoms with E-state index in [1.165, 1.54) is 12.1 Å². The molecular weight excluding hydrogens is 390 g/mol. The Bertz CT molecular complexity index is 825. The molecule has 2 N–H and O–H groups in total. The van der Waals surface area contributed by atoms with Gasteiger partial charge in [-0.15, -0.1) is 11.8 Å². The summed E-state index contributed by atoms with van der Waals surface area (Å²) in [5.74, 6) is -0.0563. The molecule has 0 fully saturated rings. The van der Waals surface area contributed by atoms with Gasteiger partial charge in [-0.2, -0.15) is 0 Å². The van der Waals surface area contributed by atoms with Gasteiger partial charge in [0.2, 0.25) is 10.0 Å². The Balaban J connectivity index is 2.31. The molecule has 0 radical (unpaired) electrons. The van der Waals surface area contributed by atoms with Crippen LogP contribution in [0, 0.1) is 5.92 Å². The van der Waals surface area contributed by atoms with E-state index in [1.807, 2.05) is 44.4 Å². The summed E-state index contributed by atoms with van der Waals surface area (Å²) in [7, 11) is -3.80. The molecule has 0 saturated carbocycles. The van der Waals surface area contributed by atoms with Gasteiger partial charge in [0.25, 0.3) is 0 Å². The van der Waals surface area contributed by atoms with E-state index in [4.69, 9.17) is 11.6 Å². The zero-order valence-electron chi connectivity index (χ0n) is 15.0. The number of rotatable bonds is 8. The van der Waals surface area contributed by atoms with Gasteiger partial charge in [0.15, 0.2) is 0 Å². The number of aliphatic hydroxyl groups excluding tert-OH is 1. The summed E-state index contributed by atoms with van der Waals surface area (Å²) in [6, 6.07) is 13.0. The first-order valence-corrected chi connectivity index (χ1v) is 11.5. The third-order valence-electron chi connectivity index (χ3n) is 4.45. The second-order valence-electron chi connectivity index (χ2n) is 6.21. The van der Waals surface area contributed by atoms with Gasteiger partial charge in [0.1, 0.15) is 0 Å². The monoisotopic (exact) mass is 413 g/mol. The summed E-state index contributed by atoms with van der Waals surface area (Å²) < 4.78 is 28.2. The highest BCUT2D eigenvalue weighted by molar-refractivity contribution is 7.98. The average Bonchev–Trinajstić information content (AvgIpc) is 2.65. The minimum Gasteiger partial charge on any atom is -0.387 e. The number of nitrogens with one attached hydrogen (secondary N) is 1. The Morgan fingerprint density at radius 3 is 2.38 bits per heavy atom. The van der Waals surface area contributed by atoms with Crippen LogP contribution in [-0.2, 0) is 10.0 Å². The van der Waals surface area contributed by atoms with Gasteiger partial charge in [-0.3, -0.25) is 0 Å². The van der Waals surface area contributed by atoms with Gasteiger partial charge < -0.3 is 5.11 Å². The first-order chi connectivity index (χ1) is 12.3. The maximum absolute atomic E-state index is 12.8. The van der Waals surface area contributed by atoms with Crippen LogP contribution in [0.1, 0.15) is 31.9 Å². The largest absolute Gasteiger partial charge is 0.387 e. The zero-order chi connectivity index (χ0) is 19.3. The quantitative estimate of drug-likeness (QED) is 0.626. The summed E-state index contributed by atoms with van der Waals surface area (Å²) >= 11 is 7.53. The van der Waals surface area contributed by atoms with Crippen molar-refractivity contribution in [2.75, 3.05) is 6.26 Å². The summed E-state index contributed by atoms with van der Waals surface area (Å²) in [5.41, 5.74) is 0.682. The molecule has 7 heteroatoms. The Morgan fingerprint density at radius 2 is 1.85 bits per heavy atom. The Labute approximate surface area is 165 Å². The molecule has 2 rings (SSSR count). The van der Waals surface area contributed by atoms with Crippen LogP contribution in [0.4, 0.5) is 0 Å². The number of hydrogen-bond acceptors (Lipinski definition) is 4. The van der Waals surface area contributed by atoms with Crippen LogP contribution in [0.2, 0.25) is 5.02 Å². The molecule has 142 valence electrons. The molecule has 3 atom stereocenters. The zero-order valence-corrected chi connectivity index (χ0v) is 17.4. The number of aliphatic hydroxyl groups is 1. The number of hydrogen-bond donors (Lipinski definition) is 2. The summed E-state index contributed by atoms with van der Waals surface area (Å²) in [5, 5.41) is 11.2. The lowest BCUT2D eigenvalue weighted by Crippen LogP contribution is -2.43. The lowest BCUT2D eigenvalue weighted by Gasteiger charge is -2.29. The molecule has 2 aromatic carbocycles. The molecule has 0 bridgehead atoms. The van der Waals surface area contributed by atoms with Gasteiger partial charge in [-0.25, -0.2) is 13.1 Å². The fourth-order valence-corrected chi connectivity index (χ4v) is 4.69. The Morgan fingerprint density at radius 1 is 1.19 bits per heavy atom. The van der Waals surface area contributed by atoms with E-state index in [2.05, 4.69) is 4.72 Å². The van der Waals surface area contributed by atoms with Gasteiger partial charge in [-0.05, 0) is 48.1 Å². The van der Waals surface area contributed by atoms with Crippen molar-refractivity contribution < 1.29 is 13.5 Å². The number of thioether (sulfide) groups is 1. The van der Waals surface area contributed by atoms with Gasteiger partial charge >= 0.3 is 0 Å². The molecule has 26 heavy (non-hydrogen) atoms. The van der Waals surface area contributed by atoms with E-state index in [1.54, 1.807) is 23.9 Å². The number of sulfonamides is 1. The fraction of sp³-hybridized carbons (Fsp3) is 0.368. The van der Waals surface area contributed by atoms with Crippen LogP contribution in [0.15, 0.2) is 58.3 Å². The van der Waals surface area contributed by atoms with E-state index >= 15 is 0 Å². The van der Waals surface area contributed by atoms with Crippen molar-refractivity contribution in [3.05, 3.63) is 59.1 Å². The highest BCUT2D eigenvalue weighted by atomic mass is 35.5. The minimum atomic E-state index is -3.80. The van der Waals surface area contributed by atoms with Crippen molar-refractivity contribution in [2.45, 2.75) is 42.2 Å². The molecule has 0 aromatic heterocycles. The molecule has 0 amide bonds. The molecule has 2 aromatic rings. The smallest absolute Gasteiger partial charge is 0.240 e. The Hall–Kier alpha value is -1.05. The second kappa shape index (κ2) is 9.24. The predicted molar refractivity (Wildman–Crippen MR) is 108 cm³/mol. The molecule has 0 aliphatic rings. The second-order valence-corrected chi connectivity index (χ2v) is 9.24. The third kappa shape index (κ3) is 5.24. The molecule has 0 heterocycles. The molecule has 3 unspecified atom stereocenters. The van der Waals surface area contributed by atoms with Crippen LogP contribution in [0.5, 0.6) is 0 Å². The minimum absolute atomic E-state index is 0.0563. The highest BCUT2D eigenvalue weighted by Crippen LogP contribution is 2.27. The van der Waals surface area contributed by atoms with Crippen molar-refractivity contribution in [3.8, 4) is 0 Å². The van der Waals surface area contributed by atoms with Crippen molar-refractivity contribution >= 4 is 33.4 Å². The van der Waals surface area contributed by atoms with Crippen molar-refractivity contribution in [1.29, 1.82) is 0 Å². The van der Waals surface area contributed by atoms with Gasteiger partial charge in [0, 0.05) is 9.92 Å². The van der Waals surface area contributed by atoms with Crippen molar-refractivity contribution in [2.24, 2.45) is 5.92 Å². The predicted octanol–water partition coefficient (Wildman–Crippen LogP) is 4.49. The topological polar surface area (TPSA) is 66.4 Å². The normalized spacial score (nSPS) is 15.4. The van der Waals surface area contributed by atoms with E-state index in [0.29, 0.717) is 10.6 Å². The molecular formula is C19H24ClNO3S2. The molecule has 0 spiro atoms. The number of benzene rings is 2. The summed E-state index contributed by atoms with van der Waals surface area (Å²) in [6.07, 6.45) is 1.75. The fourth-order valence-electron chi connectivity index (χ4n) is 2.64. The maximum atomic E-state index is 12.8. The maximum Gasteiger partial charge on any atom is 0.240 e. The van der Waals surface area contributed by atoms with Gasteiger partial charge in [0.05, 0.1) is 17.0 Å².